The second-order valence-corrected chi connectivity index (χ2v) is 2.35. The van der Waals surface area contributed by atoms with Gasteiger partial charge in [0.2, 0.25) is 0 Å². The van der Waals surface area contributed by atoms with Gasteiger partial charge in [0, 0.05) is 0 Å². The predicted octanol–water partition coefficient (Wildman–Crippen LogP) is 3.33. The maximum Gasteiger partial charge on any atom is 0.409 e. The summed E-state index contributed by atoms with van der Waals surface area (Å²) in [4.78, 5) is 0. The van der Waals surface area contributed by atoms with Crippen LogP contribution in [0.5, 0.6) is 0 Å². The third-order valence-corrected chi connectivity index (χ3v) is 1.19. The lowest BCUT2D eigenvalue weighted by molar-refractivity contribution is -0.119. The SMILES string of the molecule is FC(F)(F)CN=Nc1ccccc1. The zero-order valence-electron chi connectivity index (χ0n) is 6.62. The second kappa shape index (κ2) is 4.02. The van der Waals surface area contributed by atoms with Crippen molar-refractivity contribution in [1.82, 2.24) is 0 Å². The molecule has 0 saturated heterocycles. The molecule has 0 aromatic heterocycles. The lowest BCUT2D eigenvalue weighted by atomic mass is 10.3. The fraction of sp³-hybridized carbons (Fsp3) is 0.250. The zero-order chi connectivity index (χ0) is 9.73. The van der Waals surface area contributed by atoms with Gasteiger partial charge in [0.15, 0.2) is 6.54 Å². The maximum absolute atomic E-state index is 11.6. The molecule has 5 heteroatoms. The first kappa shape index (κ1) is 9.70. The van der Waals surface area contributed by atoms with Crippen LogP contribution in [0, 0.1) is 0 Å². The quantitative estimate of drug-likeness (QED) is 0.636. The van der Waals surface area contributed by atoms with E-state index in [4.69, 9.17) is 0 Å². The summed E-state index contributed by atoms with van der Waals surface area (Å²) in [6.45, 7) is -1.23. The van der Waals surface area contributed by atoms with Crippen molar-refractivity contribution in [3.8, 4) is 0 Å². The summed E-state index contributed by atoms with van der Waals surface area (Å²) in [5.41, 5.74) is 0.423. The molecule has 1 aromatic rings. The summed E-state index contributed by atoms with van der Waals surface area (Å²) in [6.07, 6.45) is -4.28. The number of rotatable bonds is 2. The second-order valence-electron chi connectivity index (χ2n) is 2.35. The van der Waals surface area contributed by atoms with Gasteiger partial charge in [-0.05, 0) is 12.1 Å². The van der Waals surface area contributed by atoms with E-state index in [0.717, 1.165) is 0 Å². The largest absolute Gasteiger partial charge is 0.409 e. The monoisotopic (exact) mass is 188 g/mol. The van der Waals surface area contributed by atoms with Crippen LogP contribution >= 0.6 is 0 Å². The average molecular weight is 188 g/mol. The van der Waals surface area contributed by atoms with Crippen molar-refractivity contribution in [2.24, 2.45) is 10.2 Å². The molecular weight excluding hydrogens is 181 g/mol. The Bertz CT molecular complexity index is 279. The Morgan fingerprint density at radius 2 is 1.69 bits per heavy atom. The van der Waals surface area contributed by atoms with Crippen molar-refractivity contribution in [2.45, 2.75) is 6.18 Å². The lowest BCUT2D eigenvalue weighted by Gasteiger charge is -1.98. The van der Waals surface area contributed by atoms with E-state index in [1.54, 1.807) is 30.3 Å². The van der Waals surface area contributed by atoms with Crippen molar-refractivity contribution in [3.63, 3.8) is 0 Å². The molecule has 0 aliphatic heterocycles. The van der Waals surface area contributed by atoms with Crippen LogP contribution in [-0.2, 0) is 0 Å². The summed E-state index contributed by atoms with van der Waals surface area (Å²) in [7, 11) is 0. The highest BCUT2D eigenvalue weighted by Gasteiger charge is 2.26. The van der Waals surface area contributed by atoms with Crippen LogP contribution in [-0.4, -0.2) is 12.7 Å². The fourth-order valence-corrected chi connectivity index (χ4v) is 0.692. The fourth-order valence-electron chi connectivity index (χ4n) is 0.692. The number of halogens is 3. The Kier molecular flexibility index (Phi) is 3.00. The zero-order valence-corrected chi connectivity index (χ0v) is 6.62. The Morgan fingerprint density at radius 1 is 1.08 bits per heavy atom. The van der Waals surface area contributed by atoms with Crippen molar-refractivity contribution < 1.29 is 13.2 Å². The van der Waals surface area contributed by atoms with Gasteiger partial charge in [-0.1, -0.05) is 18.2 Å². The smallest absolute Gasteiger partial charge is 0.179 e. The minimum absolute atomic E-state index is 0.423. The molecule has 0 bridgehead atoms. The molecule has 0 aliphatic rings. The van der Waals surface area contributed by atoms with E-state index in [1.165, 1.54) is 0 Å². The number of nitrogens with zero attached hydrogens (tertiary/aromatic N) is 2. The first-order chi connectivity index (χ1) is 6.08. The molecule has 0 N–H and O–H groups in total. The van der Waals surface area contributed by atoms with Gasteiger partial charge in [0.05, 0.1) is 5.69 Å². The molecule has 1 aromatic carbocycles. The number of azo groups is 1. The predicted molar refractivity (Wildman–Crippen MR) is 41.9 cm³/mol. The van der Waals surface area contributed by atoms with Gasteiger partial charge >= 0.3 is 6.18 Å². The standard InChI is InChI=1S/C8H7F3N2/c9-8(10,11)6-12-13-7-4-2-1-3-5-7/h1-5H,6H2. The third-order valence-electron chi connectivity index (χ3n) is 1.19. The Hall–Kier alpha value is -1.39. The van der Waals surface area contributed by atoms with Gasteiger partial charge in [0.1, 0.15) is 0 Å². The first-order valence-corrected chi connectivity index (χ1v) is 3.57. The highest BCUT2D eigenvalue weighted by atomic mass is 19.4. The number of hydrogen-bond donors (Lipinski definition) is 0. The van der Waals surface area contributed by atoms with Gasteiger partial charge in [0.25, 0.3) is 0 Å². The van der Waals surface area contributed by atoms with E-state index in [-0.39, 0.29) is 0 Å². The van der Waals surface area contributed by atoms with Crippen LogP contribution in [0.1, 0.15) is 0 Å². The topological polar surface area (TPSA) is 24.7 Å². The molecule has 0 atom stereocenters. The molecule has 0 radical (unpaired) electrons. The summed E-state index contributed by atoms with van der Waals surface area (Å²) in [5, 5.41) is 6.41. The number of hydrogen-bond acceptors (Lipinski definition) is 2. The van der Waals surface area contributed by atoms with Gasteiger partial charge < -0.3 is 0 Å². The Morgan fingerprint density at radius 3 is 2.23 bits per heavy atom. The molecule has 0 aliphatic carbocycles. The summed E-state index contributed by atoms with van der Waals surface area (Å²) < 4.78 is 34.8. The maximum atomic E-state index is 11.6. The molecular formula is C8H7F3N2. The molecule has 0 fully saturated rings. The Labute approximate surface area is 73.1 Å². The summed E-state index contributed by atoms with van der Waals surface area (Å²) in [6, 6.07) is 8.28. The lowest BCUT2D eigenvalue weighted by Crippen LogP contribution is -2.10. The molecule has 0 spiro atoms. The number of alkyl halides is 3. The number of benzene rings is 1. The van der Waals surface area contributed by atoms with Crippen molar-refractivity contribution in [1.29, 1.82) is 0 Å². The van der Waals surface area contributed by atoms with Crippen LogP contribution < -0.4 is 0 Å². The van der Waals surface area contributed by atoms with Crippen LogP contribution in [0.25, 0.3) is 0 Å². The highest BCUT2D eigenvalue weighted by Crippen LogP contribution is 2.16. The molecule has 1 rings (SSSR count). The molecule has 0 unspecified atom stereocenters. The van der Waals surface area contributed by atoms with Crippen LogP contribution in [0.4, 0.5) is 18.9 Å². The molecule has 0 amide bonds. The van der Waals surface area contributed by atoms with Crippen molar-refractivity contribution >= 4 is 5.69 Å². The summed E-state index contributed by atoms with van der Waals surface area (Å²) in [5.74, 6) is 0. The van der Waals surface area contributed by atoms with Crippen LogP contribution in [0.3, 0.4) is 0 Å². The summed E-state index contributed by atoms with van der Waals surface area (Å²) >= 11 is 0. The minimum atomic E-state index is -4.28. The van der Waals surface area contributed by atoms with E-state index in [9.17, 15) is 13.2 Å². The van der Waals surface area contributed by atoms with Crippen LogP contribution in [0.2, 0.25) is 0 Å². The molecule has 13 heavy (non-hydrogen) atoms. The first-order valence-electron chi connectivity index (χ1n) is 3.57. The van der Waals surface area contributed by atoms with Gasteiger partial charge in [-0.25, -0.2) is 0 Å². The molecule has 0 heterocycles. The van der Waals surface area contributed by atoms with Gasteiger partial charge in [-0.15, -0.1) is 0 Å². The van der Waals surface area contributed by atoms with Gasteiger partial charge in [-0.3, -0.25) is 0 Å². The highest BCUT2D eigenvalue weighted by molar-refractivity contribution is 5.34. The van der Waals surface area contributed by atoms with E-state index in [0.29, 0.717) is 5.69 Å². The average Bonchev–Trinajstić information content (AvgIpc) is 2.04. The van der Waals surface area contributed by atoms with Crippen molar-refractivity contribution in [2.75, 3.05) is 6.54 Å². The van der Waals surface area contributed by atoms with E-state index < -0.39 is 12.7 Å². The third kappa shape index (κ3) is 4.25. The van der Waals surface area contributed by atoms with Gasteiger partial charge in [-0.2, -0.15) is 23.4 Å². The molecule has 0 saturated carbocycles. The van der Waals surface area contributed by atoms with E-state index >= 15 is 0 Å². The normalized spacial score (nSPS) is 12.2. The molecule has 70 valence electrons. The molecule has 2 nitrogen and oxygen atoms in total. The van der Waals surface area contributed by atoms with E-state index in [2.05, 4.69) is 10.2 Å². The van der Waals surface area contributed by atoms with Crippen LogP contribution in [0.15, 0.2) is 40.6 Å². The Balaban J connectivity index is 2.51. The van der Waals surface area contributed by atoms with E-state index in [1.807, 2.05) is 0 Å². The van der Waals surface area contributed by atoms with Crippen molar-refractivity contribution in [3.05, 3.63) is 30.3 Å². The minimum Gasteiger partial charge on any atom is -0.179 e.